The minimum Gasteiger partial charge on any atom is -0.378 e. The summed E-state index contributed by atoms with van der Waals surface area (Å²) in [5.74, 6) is -1.30. The van der Waals surface area contributed by atoms with Crippen molar-refractivity contribution in [3.05, 3.63) is 63.4 Å². The van der Waals surface area contributed by atoms with E-state index in [2.05, 4.69) is 10.2 Å². The first-order valence-corrected chi connectivity index (χ1v) is 9.24. The van der Waals surface area contributed by atoms with Crippen LogP contribution in [0.2, 0.25) is 10.0 Å². The van der Waals surface area contributed by atoms with Gasteiger partial charge in [-0.05, 0) is 36.4 Å². The van der Waals surface area contributed by atoms with Crippen LogP contribution < -0.4 is 10.2 Å². The minimum absolute atomic E-state index is 0.0182. The van der Waals surface area contributed by atoms with Crippen molar-refractivity contribution in [1.82, 2.24) is 0 Å². The van der Waals surface area contributed by atoms with Crippen LogP contribution in [0.1, 0.15) is 5.56 Å². The van der Waals surface area contributed by atoms with Crippen molar-refractivity contribution in [1.29, 1.82) is 5.26 Å². The highest BCUT2D eigenvalue weighted by Crippen LogP contribution is 2.30. The van der Waals surface area contributed by atoms with Crippen LogP contribution in [0.5, 0.6) is 0 Å². The van der Waals surface area contributed by atoms with Crippen LogP contribution in [0.15, 0.2) is 42.0 Å². The molecule has 2 aromatic carbocycles. The van der Waals surface area contributed by atoms with Gasteiger partial charge in [0.05, 0.1) is 29.6 Å². The number of carbonyl (C=O) groups is 1. The molecule has 1 amide bonds. The SMILES string of the molecule is N#C/C(=C\c1c(F)cccc1Cl)C(=O)Nc1cc(Cl)ccc1N1CCOCC1. The van der Waals surface area contributed by atoms with E-state index in [9.17, 15) is 14.4 Å². The van der Waals surface area contributed by atoms with Crippen LogP contribution in [-0.2, 0) is 9.53 Å². The van der Waals surface area contributed by atoms with Gasteiger partial charge in [0.2, 0.25) is 0 Å². The van der Waals surface area contributed by atoms with Gasteiger partial charge in [-0.3, -0.25) is 4.79 Å². The Morgan fingerprint density at radius 1 is 1.25 bits per heavy atom. The molecule has 28 heavy (non-hydrogen) atoms. The Morgan fingerprint density at radius 3 is 2.68 bits per heavy atom. The summed E-state index contributed by atoms with van der Waals surface area (Å²) in [5, 5.41) is 12.6. The van der Waals surface area contributed by atoms with E-state index in [1.807, 2.05) is 0 Å². The molecule has 144 valence electrons. The standard InChI is InChI=1S/C20H16Cl2FN3O2/c21-14-4-5-19(26-6-8-28-9-7-26)18(11-14)25-20(27)13(12-24)10-15-16(22)2-1-3-17(15)23/h1-5,10-11H,6-9H2,(H,25,27)/b13-10+. The number of nitrogens with zero attached hydrogens (tertiary/aromatic N) is 2. The molecule has 0 atom stereocenters. The second-order valence-electron chi connectivity index (χ2n) is 6.02. The fourth-order valence-corrected chi connectivity index (χ4v) is 3.21. The van der Waals surface area contributed by atoms with E-state index < -0.39 is 11.7 Å². The summed E-state index contributed by atoms with van der Waals surface area (Å²) >= 11 is 12.1. The number of ether oxygens (including phenoxy) is 1. The van der Waals surface area contributed by atoms with E-state index in [1.54, 1.807) is 24.3 Å². The maximum atomic E-state index is 14.0. The number of morpholine rings is 1. The Balaban J connectivity index is 1.90. The van der Waals surface area contributed by atoms with Crippen LogP contribution >= 0.6 is 23.2 Å². The zero-order valence-corrected chi connectivity index (χ0v) is 16.2. The summed E-state index contributed by atoms with van der Waals surface area (Å²) in [6.45, 7) is 2.48. The molecule has 1 saturated heterocycles. The maximum Gasteiger partial charge on any atom is 0.266 e. The Kier molecular flexibility index (Phi) is 6.53. The second-order valence-corrected chi connectivity index (χ2v) is 6.86. The molecule has 1 aliphatic rings. The molecule has 0 spiro atoms. The molecule has 0 unspecified atom stereocenters. The highest BCUT2D eigenvalue weighted by molar-refractivity contribution is 6.32. The van der Waals surface area contributed by atoms with Crippen molar-refractivity contribution in [3.8, 4) is 6.07 Å². The first-order chi connectivity index (χ1) is 13.5. The van der Waals surface area contributed by atoms with Crippen LogP contribution in [0, 0.1) is 17.1 Å². The van der Waals surface area contributed by atoms with Crippen molar-refractivity contribution >= 4 is 46.6 Å². The molecular formula is C20H16Cl2FN3O2. The van der Waals surface area contributed by atoms with Crippen molar-refractivity contribution < 1.29 is 13.9 Å². The second kappa shape index (κ2) is 9.07. The lowest BCUT2D eigenvalue weighted by Crippen LogP contribution is -2.36. The summed E-state index contributed by atoms with van der Waals surface area (Å²) in [7, 11) is 0. The number of hydrogen-bond donors (Lipinski definition) is 1. The van der Waals surface area contributed by atoms with E-state index in [0.717, 1.165) is 11.8 Å². The molecule has 0 bridgehead atoms. The molecule has 5 nitrogen and oxygen atoms in total. The summed E-state index contributed by atoms with van der Waals surface area (Å²) < 4.78 is 19.3. The number of hydrogen-bond acceptors (Lipinski definition) is 4. The highest BCUT2D eigenvalue weighted by atomic mass is 35.5. The van der Waals surface area contributed by atoms with E-state index in [4.69, 9.17) is 27.9 Å². The summed E-state index contributed by atoms with van der Waals surface area (Å²) in [6.07, 6.45) is 1.13. The minimum atomic E-state index is -0.682. The highest BCUT2D eigenvalue weighted by Gasteiger charge is 2.19. The zero-order valence-electron chi connectivity index (χ0n) is 14.7. The number of nitriles is 1. The topological polar surface area (TPSA) is 65.4 Å². The molecule has 8 heteroatoms. The fraction of sp³-hybridized carbons (Fsp3) is 0.200. The van der Waals surface area contributed by atoms with Gasteiger partial charge in [-0.1, -0.05) is 29.3 Å². The lowest BCUT2D eigenvalue weighted by Gasteiger charge is -2.30. The Morgan fingerprint density at radius 2 is 2.00 bits per heavy atom. The van der Waals surface area contributed by atoms with Crippen LogP contribution in [0.3, 0.4) is 0 Å². The van der Waals surface area contributed by atoms with Crippen molar-refractivity contribution in [2.75, 3.05) is 36.5 Å². The first-order valence-electron chi connectivity index (χ1n) is 8.49. The van der Waals surface area contributed by atoms with Gasteiger partial charge in [0.25, 0.3) is 5.91 Å². The predicted molar refractivity (Wildman–Crippen MR) is 108 cm³/mol. The van der Waals surface area contributed by atoms with Gasteiger partial charge in [-0.25, -0.2) is 4.39 Å². The monoisotopic (exact) mass is 419 g/mol. The lowest BCUT2D eigenvalue weighted by atomic mass is 10.1. The molecule has 0 radical (unpaired) electrons. The van der Waals surface area contributed by atoms with E-state index in [0.29, 0.717) is 37.0 Å². The first kappa shape index (κ1) is 20.2. The average molecular weight is 420 g/mol. The number of halogens is 3. The molecule has 0 aliphatic carbocycles. The van der Waals surface area contributed by atoms with Crippen LogP contribution in [0.4, 0.5) is 15.8 Å². The van der Waals surface area contributed by atoms with Gasteiger partial charge in [0.15, 0.2) is 0 Å². The van der Waals surface area contributed by atoms with E-state index in [-0.39, 0.29) is 16.2 Å². The van der Waals surface area contributed by atoms with Gasteiger partial charge >= 0.3 is 0 Å². The number of benzene rings is 2. The zero-order chi connectivity index (χ0) is 20.1. The van der Waals surface area contributed by atoms with Crippen molar-refractivity contribution in [3.63, 3.8) is 0 Å². The number of amides is 1. The van der Waals surface area contributed by atoms with E-state index in [1.165, 1.54) is 18.2 Å². The van der Waals surface area contributed by atoms with Crippen LogP contribution in [-0.4, -0.2) is 32.2 Å². The third-order valence-electron chi connectivity index (χ3n) is 4.21. The molecular weight excluding hydrogens is 404 g/mol. The smallest absolute Gasteiger partial charge is 0.266 e. The average Bonchev–Trinajstić information content (AvgIpc) is 2.68. The third-order valence-corrected chi connectivity index (χ3v) is 4.78. The van der Waals surface area contributed by atoms with Crippen molar-refractivity contribution in [2.45, 2.75) is 0 Å². The van der Waals surface area contributed by atoms with Gasteiger partial charge in [0.1, 0.15) is 17.5 Å². The largest absolute Gasteiger partial charge is 0.378 e. The van der Waals surface area contributed by atoms with E-state index >= 15 is 0 Å². The Labute approximate surface area is 171 Å². The van der Waals surface area contributed by atoms with Gasteiger partial charge < -0.3 is 15.0 Å². The Bertz CT molecular complexity index is 946. The molecule has 1 heterocycles. The summed E-state index contributed by atoms with van der Waals surface area (Å²) in [5.41, 5.74) is 0.928. The summed E-state index contributed by atoms with van der Waals surface area (Å²) in [4.78, 5) is 14.7. The number of anilines is 2. The fourth-order valence-electron chi connectivity index (χ4n) is 2.82. The molecule has 1 fully saturated rings. The Hall–Kier alpha value is -2.59. The molecule has 1 aliphatic heterocycles. The lowest BCUT2D eigenvalue weighted by molar-refractivity contribution is -0.112. The molecule has 0 aromatic heterocycles. The molecule has 0 saturated carbocycles. The number of nitrogens with one attached hydrogen (secondary N) is 1. The summed E-state index contributed by atoms with van der Waals surface area (Å²) in [6, 6.07) is 11.1. The number of carbonyl (C=O) groups excluding carboxylic acids is 1. The van der Waals surface area contributed by atoms with Gasteiger partial charge in [-0.15, -0.1) is 0 Å². The van der Waals surface area contributed by atoms with Gasteiger partial charge in [-0.2, -0.15) is 5.26 Å². The third kappa shape index (κ3) is 4.63. The van der Waals surface area contributed by atoms with Crippen LogP contribution in [0.25, 0.3) is 6.08 Å². The maximum absolute atomic E-state index is 14.0. The van der Waals surface area contributed by atoms with Crippen molar-refractivity contribution in [2.24, 2.45) is 0 Å². The predicted octanol–water partition coefficient (Wildman–Crippen LogP) is 4.51. The van der Waals surface area contributed by atoms with Gasteiger partial charge in [0, 0.05) is 23.7 Å². The molecule has 2 aromatic rings. The molecule has 1 N–H and O–H groups in total. The normalized spacial score (nSPS) is 14.5. The number of rotatable bonds is 4. The molecule has 3 rings (SSSR count). The quantitative estimate of drug-likeness (QED) is 0.584.